The van der Waals surface area contributed by atoms with Crippen molar-refractivity contribution in [3.8, 4) is 0 Å². The number of carbonyl (C=O) groups excluding carboxylic acids is 3. The SMILES string of the molecule is CN1C(=O)N2C[C@H]1CC[C@H]2C(=O)O.CN1CC2(CC(N)C2)C1.CN1CC2(CC(NC(=O)[C@@H]3CC[C@@H]4CN3C(=O)N4C)C2)C1.Cl. The molecular weight excluding hydrogens is 588 g/mol. The summed E-state index contributed by atoms with van der Waals surface area (Å²) in [6, 6.07) is 0.395. The summed E-state index contributed by atoms with van der Waals surface area (Å²) in [6.07, 6.45) is 7.88. The summed E-state index contributed by atoms with van der Waals surface area (Å²) >= 11 is 0. The minimum atomic E-state index is -0.887. The average molecular weight is 639 g/mol. The lowest BCUT2D eigenvalue weighted by Gasteiger charge is -2.58. The number of likely N-dealkylation sites (N-methyl/N-ethyl adjacent to an activating group) is 2. The zero-order valence-corrected chi connectivity index (χ0v) is 27.4. The van der Waals surface area contributed by atoms with Crippen LogP contribution in [0.5, 0.6) is 0 Å². The number of carbonyl (C=O) groups is 4. The first-order chi connectivity index (χ1) is 20.3. The summed E-state index contributed by atoms with van der Waals surface area (Å²) in [5, 5.41) is 12.0. The maximum atomic E-state index is 12.5. The third-order valence-corrected chi connectivity index (χ3v) is 11.4. The molecule has 0 aromatic rings. The van der Waals surface area contributed by atoms with Gasteiger partial charge in [0, 0.05) is 65.4 Å². The Morgan fingerprint density at radius 2 is 1.18 bits per heavy atom. The van der Waals surface area contributed by atoms with Crippen molar-refractivity contribution >= 4 is 36.3 Å². The Bertz CT molecular complexity index is 1110. The van der Waals surface area contributed by atoms with Crippen molar-refractivity contribution in [1.29, 1.82) is 0 Å². The summed E-state index contributed by atoms with van der Waals surface area (Å²) < 4.78 is 0. The Kier molecular flexibility index (Phi) is 9.09. The van der Waals surface area contributed by atoms with E-state index in [0.29, 0.717) is 48.5 Å². The van der Waals surface area contributed by atoms with E-state index < -0.39 is 12.0 Å². The molecule has 8 rings (SSSR count). The fourth-order valence-corrected chi connectivity index (χ4v) is 9.36. The number of nitrogens with one attached hydrogen (secondary N) is 1. The maximum Gasteiger partial charge on any atom is 0.326 e. The molecule has 6 saturated heterocycles. The van der Waals surface area contributed by atoms with E-state index in [2.05, 4.69) is 29.2 Å². The normalized spacial score (nSPS) is 33.2. The van der Waals surface area contributed by atoms with E-state index in [1.165, 1.54) is 43.9 Å². The van der Waals surface area contributed by atoms with Crippen molar-refractivity contribution in [2.24, 2.45) is 16.6 Å². The van der Waals surface area contributed by atoms with Crippen molar-refractivity contribution in [1.82, 2.24) is 34.7 Å². The van der Waals surface area contributed by atoms with E-state index in [4.69, 9.17) is 10.8 Å². The molecule has 6 heterocycles. The fourth-order valence-electron chi connectivity index (χ4n) is 9.36. The molecule has 2 saturated carbocycles. The van der Waals surface area contributed by atoms with Crippen LogP contribution in [0.4, 0.5) is 9.59 Å². The van der Waals surface area contributed by atoms with Gasteiger partial charge in [0.25, 0.3) is 0 Å². The van der Waals surface area contributed by atoms with E-state index in [-0.39, 0.29) is 42.5 Å². The molecule has 4 atom stereocenters. The Labute approximate surface area is 266 Å². The molecule has 13 nitrogen and oxygen atoms in total. The molecule has 0 unspecified atom stereocenters. The number of halogens is 1. The van der Waals surface area contributed by atoms with Crippen molar-refractivity contribution in [2.75, 3.05) is 67.5 Å². The summed E-state index contributed by atoms with van der Waals surface area (Å²) in [4.78, 5) is 58.2. The number of urea groups is 2. The molecule has 8 fully saturated rings. The zero-order valence-electron chi connectivity index (χ0n) is 26.6. The third kappa shape index (κ3) is 5.96. The smallest absolute Gasteiger partial charge is 0.326 e. The number of hydrogen-bond donors (Lipinski definition) is 3. The molecule has 4 N–H and O–H groups in total. The van der Waals surface area contributed by atoms with Gasteiger partial charge in [0.2, 0.25) is 5.91 Å². The van der Waals surface area contributed by atoms with Gasteiger partial charge in [-0.3, -0.25) is 4.79 Å². The monoisotopic (exact) mass is 638 g/mol. The van der Waals surface area contributed by atoms with Crippen molar-refractivity contribution < 1.29 is 24.3 Å². The molecular formula is C30H51ClN8O5. The van der Waals surface area contributed by atoms with E-state index in [1.807, 2.05) is 7.05 Å². The first-order valence-corrected chi connectivity index (χ1v) is 16.0. The molecule has 2 aliphatic carbocycles. The molecule has 248 valence electrons. The van der Waals surface area contributed by atoms with Gasteiger partial charge in [-0.15, -0.1) is 12.4 Å². The Morgan fingerprint density at radius 3 is 1.61 bits per heavy atom. The highest BCUT2D eigenvalue weighted by atomic mass is 35.5. The van der Waals surface area contributed by atoms with Crippen LogP contribution >= 0.6 is 12.4 Å². The number of rotatable bonds is 3. The van der Waals surface area contributed by atoms with Gasteiger partial charge in [-0.2, -0.15) is 0 Å². The summed E-state index contributed by atoms with van der Waals surface area (Å²) in [7, 11) is 7.90. The molecule has 2 spiro atoms. The van der Waals surface area contributed by atoms with E-state index in [9.17, 15) is 19.2 Å². The van der Waals surface area contributed by atoms with Crippen molar-refractivity contribution in [2.45, 2.75) is 87.6 Å². The molecule has 0 aromatic carbocycles. The second-order valence-corrected chi connectivity index (χ2v) is 15.1. The van der Waals surface area contributed by atoms with Gasteiger partial charge >= 0.3 is 18.0 Å². The predicted molar refractivity (Wildman–Crippen MR) is 166 cm³/mol. The Morgan fingerprint density at radius 1 is 0.750 bits per heavy atom. The number of fused-ring (bicyclic) bond motifs is 4. The largest absolute Gasteiger partial charge is 0.480 e. The molecule has 44 heavy (non-hydrogen) atoms. The fraction of sp³-hybridized carbons (Fsp3) is 0.867. The van der Waals surface area contributed by atoms with Crippen LogP contribution in [-0.2, 0) is 9.59 Å². The number of nitrogens with two attached hydrogens (primary N) is 1. The highest BCUT2D eigenvalue weighted by molar-refractivity contribution is 5.89. The summed E-state index contributed by atoms with van der Waals surface area (Å²) in [5.41, 5.74) is 6.86. The summed E-state index contributed by atoms with van der Waals surface area (Å²) in [6.45, 7) is 6.21. The molecule has 0 aromatic heterocycles. The van der Waals surface area contributed by atoms with Gasteiger partial charge in [0.15, 0.2) is 0 Å². The molecule has 14 heteroatoms. The van der Waals surface area contributed by atoms with Crippen LogP contribution < -0.4 is 11.1 Å². The van der Waals surface area contributed by atoms with Crippen LogP contribution in [0.3, 0.4) is 0 Å². The van der Waals surface area contributed by atoms with Gasteiger partial charge in [-0.25, -0.2) is 14.4 Å². The standard InChI is InChI=1S/C15H24N4O2.C8H12N2O3.C7H14N2.ClH/c1-17-8-15(9-17)5-10(6-15)16-13(20)12-4-3-11-7-19(12)14(21)18(11)2;1-9-5-2-3-6(7(11)12)10(4-5)8(9)13;1-9-4-7(5-9)2-6(8)3-7;/h10-12H,3-9H2,1-2H3,(H,16,20);5-6H,2-4H2,1H3,(H,11,12);6H,2-5,8H2,1H3;1H/t11-,12+;5-,6+;;/m11../s1. The van der Waals surface area contributed by atoms with E-state index in [0.717, 1.165) is 32.1 Å². The molecule has 8 aliphatic rings. The number of piperidine rings is 2. The summed E-state index contributed by atoms with van der Waals surface area (Å²) in [5.74, 6) is -0.827. The highest BCUT2D eigenvalue weighted by Crippen LogP contribution is 2.48. The van der Waals surface area contributed by atoms with Crippen LogP contribution in [0.1, 0.15) is 51.4 Å². The number of hydrogen-bond acceptors (Lipinski definition) is 7. The van der Waals surface area contributed by atoms with E-state index in [1.54, 1.807) is 21.7 Å². The van der Waals surface area contributed by atoms with Crippen LogP contribution in [0.15, 0.2) is 0 Å². The lowest BCUT2D eigenvalue weighted by Crippen LogP contribution is -2.66. The lowest BCUT2D eigenvalue weighted by molar-refractivity contribution is -0.142. The van der Waals surface area contributed by atoms with Gasteiger partial charge in [-0.05, 0) is 76.3 Å². The predicted octanol–water partition coefficient (Wildman–Crippen LogP) is 0.526. The number of nitrogens with zero attached hydrogens (tertiary/aromatic N) is 6. The second-order valence-electron chi connectivity index (χ2n) is 15.1. The van der Waals surface area contributed by atoms with E-state index >= 15 is 0 Å². The molecule has 6 aliphatic heterocycles. The van der Waals surface area contributed by atoms with Crippen LogP contribution in [0.25, 0.3) is 0 Å². The Hall–Kier alpha value is -2.35. The minimum absolute atomic E-state index is 0. The van der Waals surface area contributed by atoms with Gasteiger partial charge in [-0.1, -0.05) is 0 Å². The highest BCUT2D eigenvalue weighted by Gasteiger charge is 2.53. The Balaban J connectivity index is 0.000000142. The van der Waals surface area contributed by atoms with Crippen molar-refractivity contribution in [3.63, 3.8) is 0 Å². The number of aliphatic carboxylic acids is 1. The van der Waals surface area contributed by atoms with Gasteiger partial charge < -0.3 is 45.6 Å². The first-order valence-electron chi connectivity index (χ1n) is 16.0. The topological polar surface area (TPSA) is 146 Å². The van der Waals surface area contributed by atoms with Crippen LogP contribution in [-0.4, -0.2) is 162 Å². The average Bonchev–Trinajstić information content (AvgIpc) is 3.24. The quantitative estimate of drug-likeness (QED) is 0.406. The zero-order chi connectivity index (χ0) is 30.8. The number of amides is 5. The number of likely N-dealkylation sites (tertiary alicyclic amines) is 2. The number of carboxylic acid groups (broad SMARTS) is 1. The third-order valence-electron chi connectivity index (χ3n) is 11.4. The second kappa shape index (κ2) is 12.1. The number of carboxylic acids is 1. The molecule has 5 amide bonds. The molecule has 0 radical (unpaired) electrons. The van der Waals surface area contributed by atoms with Crippen LogP contribution in [0.2, 0.25) is 0 Å². The van der Waals surface area contributed by atoms with Gasteiger partial charge in [0.1, 0.15) is 12.1 Å². The maximum absolute atomic E-state index is 12.5. The minimum Gasteiger partial charge on any atom is -0.480 e. The van der Waals surface area contributed by atoms with Gasteiger partial charge in [0.05, 0.1) is 12.1 Å². The first kappa shape index (κ1) is 33.0. The molecule has 4 bridgehead atoms. The lowest BCUT2D eigenvalue weighted by atomic mass is 9.61. The van der Waals surface area contributed by atoms with Crippen LogP contribution in [0, 0.1) is 10.8 Å². The van der Waals surface area contributed by atoms with Crippen molar-refractivity contribution in [3.05, 3.63) is 0 Å².